The lowest BCUT2D eigenvalue weighted by atomic mass is 10.1. The van der Waals surface area contributed by atoms with Crippen LogP contribution in [0.5, 0.6) is 0 Å². The van der Waals surface area contributed by atoms with Crippen LogP contribution < -0.4 is 5.32 Å². The van der Waals surface area contributed by atoms with E-state index in [9.17, 15) is 0 Å². The van der Waals surface area contributed by atoms with Gasteiger partial charge in [-0.3, -0.25) is 0 Å². The van der Waals surface area contributed by atoms with Crippen LogP contribution in [0.25, 0.3) is 10.8 Å². The van der Waals surface area contributed by atoms with Gasteiger partial charge in [-0.1, -0.05) is 42.5 Å². The van der Waals surface area contributed by atoms with Crippen molar-refractivity contribution < 1.29 is 0 Å². The zero-order chi connectivity index (χ0) is 14.5. The molecule has 1 N–H and O–H groups in total. The molecular formula is C18H23N3. The van der Waals surface area contributed by atoms with Gasteiger partial charge in [0, 0.05) is 19.6 Å². The summed E-state index contributed by atoms with van der Waals surface area (Å²) in [5.41, 5.74) is 1.29. The molecular weight excluding hydrogens is 258 g/mol. The van der Waals surface area contributed by atoms with Crippen LogP contribution in [0.4, 0.5) is 0 Å². The first kappa shape index (κ1) is 13.9. The normalized spacial score (nSPS) is 15.7. The molecule has 0 atom stereocenters. The molecule has 0 amide bonds. The summed E-state index contributed by atoms with van der Waals surface area (Å²) in [7, 11) is 0. The molecule has 1 saturated heterocycles. The summed E-state index contributed by atoms with van der Waals surface area (Å²) < 4.78 is 0. The van der Waals surface area contributed by atoms with E-state index in [1.165, 1.54) is 29.2 Å². The van der Waals surface area contributed by atoms with Gasteiger partial charge in [-0.05, 0) is 36.1 Å². The lowest BCUT2D eigenvalue weighted by molar-refractivity contribution is 0.494. The van der Waals surface area contributed by atoms with Crippen molar-refractivity contribution in [1.29, 1.82) is 0 Å². The molecule has 110 valence electrons. The van der Waals surface area contributed by atoms with E-state index in [-0.39, 0.29) is 0 Å². The van der Waals surface area contributed by atoms with Crippen molar-refractivity contribution in [2.45, 2.75) is 26.3 Å². The first-order valence-corrected chi connectivity index (χ1v) is 7.88. The lowest BCUT2D eigenvalue weighted by Gasteiger charge is -2.20. The number of rotatable bonds is 3. The SMILES string of the molecule is CCNC(=NCc1cccc2ccccc12)N1CCCC1. The third-order valence-corrected chi connectivity index (χ3v) is 4.02. The van der Waals surface area contributed by atoms with Crippen LogP contribution in [0.1, 0.15) is 25.3 Å². The first-order chi connectivity index (χ1) is 10.4. The number of likely N-dealkylation sites (tertiary alicyclic amines) is 1. The molecule has 0 spiro atoms. The van der Waals surface area contributed by atoms with Crippen molar-refractivity contribution in [2.24, 2.45) is 4.99 Å². The molecule has 1 aliphatic rings. The summed E-state index contributed by atoms with van der Waals surface area (Å²) in [6.45, 7) is 6.04. The Morgan fingerprint density at radius 2 is 1.86 bits per heavy atom. The molecule has 0 aliphatic carbocycles. The quantitative estimate of drug-likeness (QED) is 0.690. The molecule has 1 aliphatic heterocycles. The summed E-state index contributed by atoms with van der Waals surface area (Å²) in [4.78, 5) is 7.22. The number of benzene rings is 2. The van der Waals surface area contributed by atoms with Gasteiger partial charge in [0.25, 0.3) is 0 Å². The number of hydrogen-bond acceptors (Lipinski definition) is 1. The zero-order valence-electron chi connectivity index (χ0n) is 12.7. The lowest BCUT2D eigenvalue weighted by Crippen LogP contribution is -2.39. The maximum atomic E-state index is 4.85. The number of aliphatic imine (C=N–C) groups is 1. The van der Waals surface area contributed by atoms with E-state index in [2.05, 4.69) is 59.6 Å². The third-order valence-electron chi connectivity index (χ3n) is 4.02. The van der Waals surface area contributed by atoms with Gasteiger partial charge in [0.05, 0.1) is 6.54 Å². The van der Waals surface area contributed by atoms with E-state index < -0.39 is 0 Å². The Kier molecular flexibility index (Phi) is 4.39. The molecule has 0 radical (unpaired) electrons. The maximum Gasteiger partial charge on any atom is 0.194 e. The Bertz CT molecular complexity index is 622. The van der Waals surface area contributed by atoms with Gasteiger partial charge in [-0.25, -0.2) is 4.99 Å². The molecule has 3 heteroatoms. The van der Waals surface area contributed by atoms with E-state index in [1.807, 2.05) is 0 Å². The van der Waals surface area contributed by atoms with Gasteiger partial charge >= 0.3 is 0 Å². The highest BCUT2D eigenvalue weighted by molar-refractivity contribution is 5.86. The Balaban J connectivity index is 1.84. The Morgan fingerprint density at radius 1 is 1.10 bits per heavy atom. The van der Waals surface area contributed by atoms with Gasteiger partial charge in [0.2, 0.25) is 0 Å². The predicted octanol–water partition coefficient (Wildman–Crippen LogP) is 3.40. The Hall–Kier alpha value is -2.03. The highest BCUT2D eigenvalue weighted by atomic mass is 15.3. The average Bonchev–Trinajstić information content (AvgIpc) is 3.05. The molecule has 3 rings (SSSR count). The minimum absolute atomic E-state index is 0.736. The topological polar surface area (TPSA) is 27.6 Å². The van der Waals surface area contributed by atoms with E-state index in [0.29, 0.717) is 0 Å². The number of nitrogens with one attached hydrogen (secondary N) is 1. The maximum absolute atomic E-state index is 4.85. The van der Waals surface area contributed by atoms with Crippen molar-refractivity contribution in [3.63, 3.8) is 0 Å². The summed E-state index contributed by atoms with van der Waals surface area (Å²) in [6, 6.07) is 15.0. The van der Waals surface area contributed by atoms with Crippen LogP contribution in [-0.4, -0.2) is 30.5 Å². The summed E-state index contributed by atoms with van der Waals surface area (Å²) in [5.74, 6) is 1.06. The number of fused-ring (bicyclic) bond motifs is 1. The summed E-state index contributed by atoms with van der Waals surface area (Å²) in [6.07, 6.45) is 2.55. The van der Waals surface area contributed by atoms with E-state index in [4.69, 9.17) is 4.99 Å². The fourth-order valence-corrected chi connectivity index (χ4v) is 2.95. The molecule has 2 aromatic carbocycles. The monoisotopic (exact) mass is 281 g/mol. The van der Waals surface area contributed by atoms with Crippen LogP contribution in [0.2, 0.25) is 0 Å². The van der Waals surface area contributed by atoms with Gasteiger partial charge in [-0.15, -0.1) is 0 Å². The standard InChI is InChI=1S/C18H23N3/c1-2-19-18(21-12-5-6-13-21)20-14-16-10-7-9-15-8-3-4-11-17(15)16/h3-4,7-11H,2,5-6,12-14H2,1H3,(H,19,20). The van der Waals surface area contributed by atoms with E-state index in [0.717, 1.165) is 32.1 Å². The largest absolute Gasteiger partial charge is 0.357 e. The number of nitrogens with zero attached hydrogens (tertiary/aromatic N) is 2. The minimum atomic E-state index is 0.736. The van der Waals surface area contributed by atoms with Crippen LogP contribution in [0.3, 0.4) is 0 Å². The molecule has 0 saturated carbocycles. The Morgan fingerprint density at radius 3 is 2.67 bits per heavy atom. The van der Waals surface area contributed by atoms with Crippen LogP contribution in [0.15, 0.2) is 47.5 Å². The molecule has 2 aromatic rings. The van der Waals surface area contributed by atoms with Gasteiger partial charge in [0.1, 0.15) is 0 Å². The molecule has 3 nitrogen and oxygen atoms in total. The van der Waals surface area contributed by atoms with E-state index >= 15 is 0 Å². The van der Waals surface area contributed by atoms with Crippen LogP contribution in [0, 0.1) is 0 Å². The summed E-state index contributed by atoms with van der Waals surface area (Å²) >= 11 is 0. The minimum Gasteiger partial charge on any atom is -0.357 e. The molecule has 21 heavy (non-hydrogen) atoms. The highest BCUT2D eigenvalue weighted by Gasteiger charge is 2.15. The zero-order valence-corrected chi connectivity index (χ0v) is 12.7. The molecule has 0 unspecified atom stereocenters. The van der Waals surface area contributed by atoms with Crippen molar-refractivity contribution in [3.05, 3.63) is 48.0 Å². The molecule has 0 aromatic heterocycles. The smallest absolute Gasteiger partial charge is 0.194 e. The second kappa shape index (κ2) is 6.61. The first-order valence-electron chi connectivity index (χ1n) is 7.88. The van der Waals surface area contributed by atoms with Crippen LogP contribution >= 0.6 is 0 Å². The third kappa shape index (κ3) is 3.18. The van der Waals surface area contributed by atoms with Crippen molar-refractivity contribution in [3.8, 4) is 0 Å². The Labute approximate surface area is 126 Å². The fourth-order valence-electron chi connectivity index (χ4n) is 2.95. The van der Waals surface area contributed by atoms with Gasteiger partial charge in [-0.2, -0.15) is 0 Å². The highest BCUT2D eigenvalue weighted by Crippen LogP contribution is 2.19. The van der Waals surface area contributed by atoms with E-state index in [1.54, 1.807) is 0 Å². The molecule has 1 heterocycles. The van der Waals surface area contributed by atoms with Crippen LogP contribution in [-0.2, 0) is 6.54 Å². The van der Waals surface area contributed by atoms with Gasteiger partial charge < -0.3 is 10.2 Å². The number of hydrogen-bond donors (Lipinski definition) is 1. The second-order valence-corrected chi connectivity index (χ2v) is 5.50. The molecule has 0 bridgehead atoms. The average molecular weight is 281 g/mol. The predicted molar refractivity (Wildman–Crippen MR) is 89.6 cm³/mol. The van der Waals surface area contributed by atoms with Crippen molar-refractivity contribution in [1.82, 2.24) is 10.2 Å². The number of guanidine groups is 1. The van der Waals surface area contributed by atoms with Crippen molar-refractivity contribution in [2.75, 3.05) is 19.6 Å². The fraction of sp³-hybridized carbons (Fsp3) is 0.389. The molecule has 1 fully saturated rings. The van der Waals surface area contributed by atoms with Gasteiger partial charge in [0.15, 0.2) is 5.96 Å². The van der Waals surface area contributed by atoms with Crippen molar-refractivity contribution >= 4 is 16.7 Å². The summed E-state index contributed by atoms with van der Waals surface area (Å²) in [5, 5.41) is 6.01. The second-order valence-electron chi connectivity index (χ2n) is 5.50.